The van der Waals surface area contributed by atoms with Crippen LogP contribution in [-0.2, 0) is 11.8 Å². The largest absolute Gasteiger partial charge is 0.486 e. The number of aromatic nitrogens is 2. The minimum absolute atomic E-state index is 0. The Bertz CT molecular complexity index is 764. The third-order valence-corrected chi connectivity index (χ3v) is 4.51. The highest BCUT2D eigenvalue weighted by Gasteiger charge is 2.34. The molecule has 1 amide bonds. The van der Waals surface area contributed by atoms with Crippen molar-refractivity contribution in [1.29, 1.82) is 0 Å². The van der Waals surface area contributed by atoms with Gasteiger partial charge in [0.1, 0.15) is 13.2 Å². The Morgan fingerprint density at radius 2 is 2.08 bits per heavy atom. The molecule has 0 saturated carbocycles. The molecule has 4 rings (SSSR count). The molecule has 2 aliphatic rings. The Kier molecular flexibility index (Phi) is 5.15. The van der Waals surface area contributed by atoms with Crippen LogP contribution in [0.4, 0.5) is 5.69 Å². The van der Waals surface area contributed by atoms with Crippen molar-refractivity contribution in [3.8, 4) is 11.5 Å². The van der Waals surface area contributed by atoms with Crippen LogP contribution in [0, 0.1) is 5.92 Å². The van der Waals surface area contributed by atoms with Gasteiger partial charge in [-0.15, -0.1) is 12.4 Å². The van der Waals surface area contributed by atoms with Gasteiger partial charge in [-0.2, -0.15) is 5.10 Å². The Hall–Kier alpha value is -2.25. The number of hydrogen-bond donors (Lipinski definition) is 2. The number of carbonyl (C=O) groups excluding carboxylic acids is 1. The standard InChI is InChI=1S/C17H20N4O3.ClH/c1-21-10-11(7-19-21)13-8-18-9-14(13)17(22)20-12-2-3-15-16(6-12)24-5-4-23-15;/h2-3,6-7,10,13-14,18H,4-5,8-9H2,1H3,(H,20,22);1H/t13-,14+;/m1./s1. The van der Waals surface area contributed by atoms with E-state index in [0.717, 1.165) is 23.5 Å². The van der Waals surface area contributed by atoms with Crippen LogP contribution in [0.1, 0.15) is 11.5 Å². The Morgan fingerprint density at radius 1 is 1.28 bits per heavy atom. The van der Waals surface area contributed by atoms with Crippen LogP contribution in [0.5, 0.6) is 11.5 Å². The number of carbonyl (C=O) groups is 1. The molecule has 0 spiro atoms. The normalized spacial score (nSPS) is 21.5. The highest BCUT2D eigenvalue weighted by Crippen LogP contribution is 2.34. The summed E-state index contributed by atoms with van der Waals surface area (Å²) in [5, 5.41) is 10.5. The maximum Gasteiger partial charge on any atom is 0.229 e. The monoisotopic (exact) mass is 364 g/mol. The molecule has 2 atom stereocenters. The molecular weight excluding hydrogens is 344 g/mol. The zero-order chi connectivity index (χ0) is 16.5. The first kappa shape index (κ1) is 17.6. The van der Waals surface area contributed by atoms with Gasteiger partial charge >= 0.3 is 0 Å². The van der Waals surface area contributed by atoms with E-state index in [0.29, 0.717) is 25.5 Å². The first-order valence-electron chi connectivity index (χ1n) is 8.10. The second-order valence-corrected chi connectivity index (χ2v) is 6.17. The fourth-order valence-corrected chi connectivity index (χ4v) is 3.29. The van der Waals surface area contributed by atoms with Crippen LogP contribution in [0.3, 0.4) is 0 Å². The Labute approximate surface area is 152 Å². The minimum atomic E-state index is -0.123. The van der Waals surface area contributed by atoms with Gasteiger partial charge in [-0.1, -0.05) is 0 Å². The van der Waals surface area contributed by atoms with E-state index in [9.17, 15) is 4.79 Å². The Balaban J connectivity index is 0.00000182. The van der Waals surface area contributed by atoms with Crippen LogP contribution >= 0.6 is 12.4 Å². The number of rotatable bonds is 3. The lowest BCUT2D eigenvalue weighted by atomic mass is 9.90. The van der Waals surface area contributed by atoms with Gasteiger partial charge in [-0.25, -0.2) is 0 Å². The van der Waals surface area contributed by atoms with E-state index >= 15 is 0 Å². The Morgan fingerprint density at radius 3 is 2.84 bits per heavy atom. The smallest absolute Gasteiger partial charge is 0.229 e. The van der Waals surface area contributed by atoms with E-state index in [2.05, 4.69) is 15.7 Å². The second kappa shape index (κ2) is 7.33. The third kappa shape index (κ3) is 3.57. The predicted octanol–water partition coefficient (Wildman–Crippen LogP) is 1.55. The fourth-order valence-electron chi connectivity index (χ4n) is 3.29. The van der Waals surface area contributed by atoms with Crippen molar-refractivity contribution in [3.05, 3.63) is 36.2 Å². The molecular formula is C17H21ClN4O3. The molecule has 0 radical (unpaired) electrons. The van der Waals surface area contributed by atoms with Gasteiger partial charge in [0.05, 0.1) is 12.1 Å². The number of nitrogens with zero attached hydrogens (tertiary/aromatic N) is 2. The third-order valence-electron chi connectivity index (χ3n) is 4.51. The van der Waals surface area contributed by atoms with Gasteiger partial charge < -0.3 is 20.1 Å². The molecule has 8 heteroatoms. The van der Waals surface area contributed by atoms with Crippen molar-refractivity contribution in [1.82, 2.24) is 15.1 Å². The summed E-state index contributed by atoms with van der Waals surface area (Å²) in [5.41, 5.74) is 1.81. The van der Waals surface area contributed by atoms with Gasteiger partial charge in [0.15, 0.2) is 11.5 Å². The molecule has 0 unspecified atom stereocenters. The van der Waals surface area contributed by atoms with Crippen LogP contribution in [0.25, 0.3) is 0 Å². The summed E-state index contributed by atoms with van der Waals surface area (Å²) in [6, 6.07) is 5.48. The molecule has 134 valence electrons. The number of fused-ring (bicyclic) bond motifs is 1. The summed E-state index contributed by atoms with van der Waals surface area (Å²) in [5.74, 6) is 1.41. The SMILES string of the molecule is Cl.Cn1cc([C@H]2CNC[C@@H]2C(=O)Nc2ccc3c(c2)OCCO3)cn1. The quantitative estimate of drug-likeness (QED) is 0.864. The van der Waals surface area contributed by atoms with E-state index in [-0.39, 0.29) is 30.2 Å². The number of halogens is 1. The molecule has 3 heterocycles. The molecule has 25 heavy (non-hydrogen) atoms. The summed E-state index contributed by atoms with van der Waals surface area (Å²) in [4.78, 5) is 12.7. The van der Waals surface area contributed by atoms with Gasteiger partial charge in [0.25, 0.3) is 0 Å². The van der Waals surface area contributed by atoms with E-state index < -0.39 is 0 Å². The fraction of sp³-hybridized carbons (Fsp3) is 0.412. The average Bonchev–Trinajstić information content (AvgIpc) is 3.23. The van der Waals surface area contributed by atoms with Crippen LogP contribution in [0.15, 0.2) is 30.6 Å². The molecule has 1 aromatic heterocycles. The van der Waals surface area contributed by atoms with Crippen molar-refractivity contribution >= 4 is 24.0 Å². The number of nitrogens with one attached hydrogen (secondary N) is 2. The maximum atomic E-state index is 12.7. The molecule has 1 aromatic carbocycles. The second-order valence-electron chi connectivity index (χ2n) is 6.17. The minimum Gasteiger partial charge on any atom is -0.486 e. The first-order valence-corrected chi connectivity index (χ1v) is 8.10. The highest BCUT2D eigenvalue weighted by atomic mass is 35.5. The number of amides is 1. The van der Waals surface area contributed by atoms with E-state index in [1.165, 1.54) is 0 Å². The van der Waals surface area contributed by atoms with E-state index in [1.807, 2.05) is 37.6 Å². The molecule has 1 saturated heterocycles. The van der Waals surface area contributed by atoms with Crippen molar-refractivity contribution in [3.63, 3.8) is 0 Å². The van der Waals surface area contributed by atoms with Crippen LogP contribution in [0.2, 0.25) is 0 Å². The van der Waals surface area contributed by atoms with Crippen LogP contribution < -0.4 is 20.1 Å². The lowest BCUT2D eigenvalue weighted by molar-refractivity contribution is -0.119. The van der Waals surface area contributed by atoms with Gasteiger partial charge in [-0.3, -0.25) is 9.48 Å². The zero-order valence-corrected chi connectivity index (χ0v) is 14.7. The first-order chi connectivity index (χ1) is 11.7. The topological polar surface area (TPSA) is 77.4 Å². The predicted molar refractivity (Wildman–Crippen MR) is 95.6 cm³/mol. The van der Waals surface area contributed by atoms with Gasteiger partial charge in [-0.05, 0) is 17.7 Å². The molecule has 0 bridgehead atoms. The number of aryl methyl sites for hydroxylation is 1. The number of anilines is 1. The van der Waals surface area contributed by atoms with E-state index in [4.69, 9.17) is 9.47 Å². The van der Waals surface area contributed by atoms with Crippen molar-refractivity contribution in [2.45, 2.75) is 5.92 Å². The lowest BCUT2D eigenvalue weighted by Crippen LogP contribution is -2.28. The molecule has 2 N–H and O–H groups in total. The number of ether oxygens (including phenoxy) is 2. The summed E-state index contributed by atoms with van der Waals surface area (Å²) >= 11 is 0. The molecule has 1 fully saturated rings. The molecule has 7 nitrogen and oxygen atoms in total. The average molecular weight is 365 g/mol. The van der Waals surface area contributed by atoms with Gasteiger partial charge in [0, 0.05) is 44.0 Å². The summed E-state index contributed by atoms with van der Waals surface area (Å²) in [6.45, 7) is 2.53. The zero-order valence-electron chi connectivity index (χ0n) is 13.9. The number of hydrogen-bond acceptors (Lipinski definition) is 5. The maximum absolute atomic E-state index is 12.7. The summed E-state index contributed by atoms with van der Waals surface area (Å²) in [7, 11) is 1.89. The van der Waals surface area contributed by atoms with Gasteiger partial charge in [0.2, 0.25) is 5.91 Å². The molecule has 2 aliphatic heterocycles. The van der Waals surface area contributed by atoms with Crippen molar-refractivity contribution in [2.24, 2.45) is 13.0 Å². The number of benzene rings is 1. The van der Waals surface area contributed by atoms with Crippen molar-refractivity contribution in [2.75, 3.05) is 31.6 Å². The highest BCUT2D eigenvalue weighted by molar-refractivity contribution is 5.94. The molecule has 2 aromatic rings. The van der Waals surface area contributed by atoms with Crippen molar-refractivity contribution < 1.29 is 14.3 Å². The lowest BCUT2D eigenvalue weighted by Gasteiger charge is -2.20. The van der Waals surface area contributed by atoms with E-state index in [1.54, 1.807) is 4.68 Å². The van der Waals surface area contributed by atoms with Crippen LogP contribution in [-0.4, -0.2) is 42.0 Å². The summed E-state index contributed by atoms with van der Waals surface area (Å²) in [6.07, 6.45) is 3.81. The molecule has 0 aliphatic carbocycles. The summed E-state index contributed by atoms with van der Waals surface area (Å²) < 4.78 is 12.8.